The molecule has 0 saturated carbocycles. The van der Waals surface area contributed by atoms with Crippen LogP contribution in [0, 0.1) is 0 Å². The Bertz CT molecular complexity index is 863. The van der Waals surface area contributed by atoms with E-state index in [1.54, 1.807) is 52.0 Å². The number of benzene rings is 1. The van der Waals surface area contributed by atoms with Gasteiger partial charge in [-0.25, -0.2) is 14.3 Å². The molecule has 0 aliphatic rings. The number of hydrogen-bond acceptors (Lipinski definition) is 6. The van der Waals surface area contributed by atoms with Crippen molar-refractivity contribution in [3.63, 3.8) is 0 Å². The van der Waals surface area contributed by atoms with E-state index >= 15 is 0 Å². The first-order valence-electron chi connectivity index (χ1n) is 8.94. The van der Waals surface area contributed by atoms with Crippen molar-refractivity contribution in [3.8, 4) is 11.4 Å². The van der Waals surface area contributed by atoms with Gasteiger partial charge in [0.05, 0.1) is 24.9 Å². The number of rotatable bonds is 5. The molecule has 8 nitrogen and oxygen atoms in total. The fraction of sp³-hybridized carbons (Fsp3) is 0.400. The summed E-state index contributed by atoms with van der Waals surface area (Å²) in [4.78, 5) is 40.2. The highest BCUT2D eigenvalue weighted by Gasteiger charge is 2.25. The number of anilines is 1. The van der Waals surface area contributed by atoms with Crippen molar-refractivity contribution in [1.29, 1.82) is 0 Å². The maximum atomic E-state index is 12.8. The predicted octanol–water partition coefficient (Wildman–Crippen LogP) is 3.40. The van der Waals surface area contributed by atoms with E-state index in [-0.39, 0.29) is 18.9 Å². The summed E-state index contributed by atoms with van der Waals surface area (Å²) in [5.41, 5.74) is 0.914. The molecule has 0 radical (unpaired) electrons. The van der Waals surface area contributed by atoms with E-state index < -0.39 is 17.7 Å². The SMILES string of the molecule is CCOC(=O)Cc1cnc(-c2ccc(NC(C)=O)cc2)n1C(=O)OC(C)(C)C. The Labute approximate surface area is 163 Å². The van der Waals surface area contributed by atoms with Crippen molar-refractivity contribution in [2.75, 3.05) is 11.9 Å². The number of ether oxygens (including phenoxy) is 2. The third-order valence-corrected chi connectivity index (χ3v) is 3.51. The van der Waals surface area contributed by atoms with Gasteiger partial charge in [-0.05, 0) is 52.0 Å². The van der Waals surface area contributed by atoms with Gasteiger partial charge in [-0.1, -0.05) is 0 Å². The average Bonchev–Trinajstić information content (AvgIpc) is 2.97. The molecule has 1 aromatic heterocycles. The predicted molar refractivity (Wildman–Crippen MR) is 104 cm³/mol. The molecule has 0 aliphatic carbocycles. The number of nitrogens with zero attached hydrogens (tertiary/aromatic N) is 2. The number of nitrogens with one attached hydrogen (secondary N) is 1. The third kappa shape index (κ3) is 5.67. The van der Waals surface area contributed by atoms with Gasteiger partial charge >= 0.3 is 12.1 Å². The van der Waals surface area contributed by atoms with E-state index in [0.29, 0.717) is 22.8 Å². The third-order valence-electron chi connectivity index (χ3n) is 3.51. The molecule has 2 rings (SSSR count). The highest BCUT2D eigenvalue weighted by Crippen LogP contribution is 2.24. The molecule has 0 aliphatic heterocycles. The zero-order chi connectivity index (χ0) is 20.9. The topological polar surface area (TPSA) is 99.5 Å². The molecular weight excluding hydrogens is 362 g/mol. The molecule has 150 valence electrons. The van der Waals surface area contributed by atoms with Crippen molar-refractivity contribution in [2.45, 2.75) is 46.6 Å². The minimum absolute atomic E-state index is 0.107. The first-order chi connectivity index (χ1) is 13.1. The maximum absolute atomic E-state index is 12.8. The van der Waals surface area contributed by atoms with Crippen molar-refractivity contribution in [1.82, 2.24) is 9.55 Å². The number of aromatic nitrogens is 2. The van der Waals surface area contributed by atoms with Crippen LogP contribution >= 0.6 is 0 Å². The molecule has 0 unspecified atom stereocenters. The molecule has 28 heavy (non-hydrogen) atoms. The second kappa shape index (κ2) is 8.69. The number of esters is 1. The zero-order valence-electron chi connectivity index (χ0n) is 16.7. The van der Waals surface area contributed by atoms with Gasteiger partial charge in [-0.3, -0.25) is 9.59 Å². The summed E-state index contributed by atoms with van der Waals surface area (Å²) in [6, 6.07) is 6.86. The summed E-state index contributed by atoms with van der Waals surface area (Å²) in [6.45, 7) is 8.66. The standard InChI is InChI=1S/C20H25N3O5/c1-6-27-17(25)11-16-12-21-18(23(16)19(26)28-20(3,4)5)14-7-9-15(10-8-14)22-13(2)24/h7-10,12H,6,11H2,1-5H3,(H,22,24). The fourth-order valence-electron chi connectivity index (χ4n) is 2.49. The highest BCUT2D eigenvalue weighted by atomic mass is 16.6. The average molecular weight is 387 g/mol. The monoisotopic (exact) mass is 387 g/mol. The lowest BCUT2D eigenvalue weighted by Gasteiger charge is -2.21. The molecule has 0 atom stereocenters. The van der Waals surface area contributed by atoms with Crippen LogP contribution in [-0.2, 0) is 25.5 Å². The van der Waals surface area contributed by atoms with E-state index in [0.717, 1.165) is 0 Å². The van der Waals surface area contributed by atoms with Gasteiger partial charge < -0.3 is 14.8 Å². The van der Waals surface area contributed by atoms with E-state index in [1.807, 2.05) is 0 Å². The van der Waals surface area contributed by atoms with Gasteiger partial charge in [0.1, 0.15) is 11.4 Å². The first-order valence-corrected chi connectivity index (χ1v) is 8.94. The number of amides is 1. The van der Waals surface area contributed by atoms with Gasteiger partial charge in [-0.2, -0.15) is 0 Å². The summed E-state index contributed by atoms with van der Waals surface area (Å²) in [6.07, 6.45) is 0.715. The van der Waals surface area contributed by atoms with Gasteiger partial charge in [0.15, 0.2) is 0 Å². The van der Waals surface area contributed by atoms with Crippen molar-refractivity contribution in [3.05, 3.63) is 36.2 Å². The van der Waals surface area contributed by atoms with Crippen molar-refractivity contribution < 1.29 is 23.9 Å². The molecular formula is C20H25N3O5. The largest absolute Gasteiger partial charge is 0.466 e. The van der Waals surface area contributed by atoms with Crippen LogP contribution in [0.4, 0.5) is 10.5 Å². The van der Waals surface area contributed by atoms with Crippen LogP contribution in [-0.4, -0.2) is 39.7 Å². The zero-order valence-corrected chi connectivity index (χ0v) is 16.7. The minimum atomic E-state index is -0.713. The van der Waals surface area contributed by atoms with Gasteiger partial charge in [0.2, 0.25) is 5.91 Å². The van der Waals surface area contributed by atoms with Crippen molar-refractivity contribution in [2.24, 2.45) is 0 Å². The molecule has 2 aromatic rings. The Balaban J connectivity index is 2.42. The van der Waals surface area contributed by atoms with Crippen LogP contribution in [0.5, 0.6) is 0 Å². The lowest BCUT2D eigenvalue weighted by Crippen LogP contribution is -2.29. The van der Waals surface area contributed by atoms with E-state index in [1.165, 1.54) is 17.7 Å². The second-order valence-electron chi connectivity index (χ2n) is 7.13. The second-order valence-corrected chi connectivity index (χ2v) is 7.13. The normalized spacial score (nSPS) is 11.0. The molecule has 8 heteroatoms. The van der Waals surface area contributed by atoms with Crippen molar-refractivity contribution >= 4 is 23.7 Å². The Kier molecular flexibility index (Phi) is 6.56. The Morgan fingerprint density at radius 3 is 2.32 bits per heavy atom. The lowest BCUT2D eigenvalue weighted by molar-refractivity contribution is -0.142. The Morgan fingerprint density at radius 2 is 1.79 bits per heavy atom. The number of carbonyl (C=O) groups excluding carboxylic acids is 3. The first kappa shape index (κ1) is 21.1. The molecule has 1 amide bonds. The number of imidazole rings is 1. The van der Waals surface area contributed by atoms with Crippen LogP contribution in [0.15, 0.2) is 30.5 Å². The van der Waals surface area contributed by atoms with Gasteiger partial charge in [-0.15, -0.1) is 0 Å². The van der Waals surface area contributed by atoms with Crippen LogP contribution in [0.2, 0.25) is 0 Å². The molecule has 0 fully saturated rings. The molecule has 1 aromatic carbocycles. The highest BCUT2D eigenvalue weighted by molar-refractivity contribution is 5.89. The van der Waals surface area contributed by atoms with Crippen LogP contribution in [0.25, 0.3) is 11.4 Å². The molecule has 0 bridgehead atoms. The van der Waals surface area contributed by atoms with Gasteiger partial charge in [0.25, 0.3) is 0 Å². The smallest absolute Gasteiger partial charge is 0.420 e. The van der Waals surface area contributed by atoms with Crippen LogP contribution in [0.1, 0.15) is 40.3 Å². The lowest BCUT2D eigenvalue weighted by atomic mass is 10.2. The Morgan fingerprint density at radius 1 is 1.14 bits per heavy atom. The number of hydrogen-bond donors (Lipinski definition) is 1. The maximum Gasteiger partial charge on any atom is 0.420 e. The minimum Gasteiger partial charge on any atom is -0.466 e. The van der Waals surface area contributed by atoms with E-state index in [4.69, 9.17) is 9.47 Å². The summed E-state index contributed by atoms with van der Waals surface area (Å²) in [7, 11) is 0. The Hall–Kier alpha value is -3.16. The molecule has 0 saturated heterocycles. The molecule has 1 heterocycles. The van der Waals surface area contributed by atoms with E-state index in [2.05, 4.69) is 10.3 Å². The summed E-state index contributed by atoms with van der Waals surface area (Å²) < 4.78 is 11.7. The number of carbonyl (C=O) groups is 3. The molecule has 1 N–H and O–H groups in total. The fourth-order valence-corrected chi connectivity index (χ4v) is 2.49. The van der Waals surface area contributed by atoms with Crippen LogP contribution in [0.3, 0.4) is 0 Å². The summed E-state index contributed by atoms with van der Waals surface area (Å²) >= 11 is 0. The van der Waals surface area contributed by atoms with Gasteiger partial charge in [0, 0.05) is 18.2 Å². The van der Waals surface area contributed by atoms with E-state index in [9.17, 15) is 14.4 Å². The molecule has 0 spiro atoms. The quantitative estimate of drug-likeness (QED) is 0.790. The summed E-state index contributed by atoms with van der Waals surface area (Å²) in [5.74, 6) is -0.303. The summed E-state index contributed by atoms with van der Waals surface area (Å²) in [5, 5.41) is 2.68. The van der Waals surface area contributed by atoms with Crippen LogP contribution < -0.4 is 5.32 Å².